The van der Waals surface area contributed by atoms with Crippen molar-refractivity contribution in [2.75, 3.05) is 18.0 Å². The van der Waals surface area contributed by atoms with Crippen LogP contribution in [0.2, 0.25) is 5.02 Å². The number of nitrogens with two attached hydrogens (primary N) is 1. The Morgan fingerprint density at radius 1 is 1.37 bits per heavy atom. The predicted molar refractivity (Wildman–Crippen MR) is 75.5 cm³/mol. The minimum atomic E-state index is -0.231. The first kappa shape index (κ1) is 12.9. The third-order valence-corrected chi connectivity index (χ3v) is 4.85. The first-order valence-electron chi connectivity index (χ1n) is 6.78. The van der Waals surface area contributed by atoms with Gasteiger partial charge in [0.2, 0.25) is 0 Å². The van der Waals surface area contributed by atoms with Crippen molar-refractivity contribution >= 4 is 17.3 Å². The summed E-state index contributed by atoms with van der Waals surface area (Å²) in [5, 5.41) is 4.35. The zero-order chi connectivity index (χ0) is 13.6. The first-order chi connectivity index (χ1) is 9.06. The van der Waals surface area contributed by atoms with Crippen LogP contribution in [0.3, 0.4) is 0 Å². The SMILES string of the molecule is Cn1ncc(N2C[C@H]3CCC(N)C[C@H]3C2)c(Cl)c1=O. The maximum Gasteiger partial charge on any atom is 0.287 e. The first-order valence-corrected chi connectivity index (χ1v) is 7.16. The maximum absolute atomic E-state index is 11.8. The number of aryl methyl sites for hydroxylation is 1. The second-order valence-corrected chi connectivity index (χ2v) is 6.15. The van der Waals surface area contributed by atoms with Crippen LogP contribution >= 0.6 is 11.6 Å². The summed E-state index contributed by atoms with van der Waals surface area (Å²) in [7, 11) is 1.61. The largest absolute Gasteiger partial charge is 0.368 e. The van der Waals surface area contributed by atoms with Gasteiger partial charge in [-0.2, -0.15) is 5.10 Å². The predicted octanol–water partition coefficient (Wildman–Crippen LogP) is 0.997. The smallest absolute Gasteiger partial charge is 0.287 e. The molecule has 0 amide bonds. The van der Waals surface area contributed by atoms with E-state index < -0.39 is 0 Å². The van der Waals surface area contributed by atoms with Gasteiger partial charge in [0, 0.05) is 26.2 Å². The van der Waals surface area contributed by atoms with E-state index in [2.05, 4.69) is 10.00 Å². The molecule has 2 N–H and O–H groups in total. The highest BCUT2D eigenvalue weighted by Gasteiger charge is 2.37. The monoisotopic (exact) mass is 282 g/mol. The van der Waals surface area contributed by atoms with Gasteiger partial charge in [-0.25, -0.2) is 4.68 Å². The molecule has 104 valence electrons. The second kappa shape index (κ2) is 4.80. The molecular weight excluding hydrogens is 264 g/mol. The Balaban J connectivity index is 1.85. The van der Waals surface area contributed by atoms with Gasteiger partial charge in [-0.1, -0.05) is 11.6 Å². The maximum atomic E-state index is 11.8. The van der Waals surface area contributed by atoms with Crippen LogP contribution in [-0.4, -0.2) is 28.9 Å². The van der Waals surface area contributed by atoms with E-state index in [1.54, 1.807) is 13.2 Å². The van der Waals surface area contributed by atoms with E-state index in [1.807, 2.05) is 0 Å². The van der Waals surface area contributed by atoms with Crippen molar-refractivity contribution in [3.8, 4) is 0 Å². The molecule has 1 aliphatic carbocycles. The highest BCUT2D eigenvalue weighted by Crippen LogP contribution is 2.38. The van der Waals surface area contributed by atoms with E-state index in [4.69, 9.17) is 17.3 Å². The minimum absolute atomic E-state index is 0.231. The number of nitrogens with zero attached hydrogens (tertiary/aromatic N) is 3. The fourth-order valence-electron chi connectivity index (χ4n) is 3.39. The van der Waals surface area contributed by atoms with Gasteiger partial charge in [0.1, 0.15) is 5.02 Å². The summed E-state index contributed by atoms with van der Waals surface area (Å²) in [6.45, 7) is 1.90. The lowest BCUT2D eigenvalue weighted by atomic mass is 9.79. The summed E-state index contributed by atoms with van der Waals surface area (Å²) >= 11 is 6.16. The summed E-state index contributed by atoms with van der Waals surface area (Å²) in [5.74, 6) is 1.31. The number of hydrogen-bond donors (Lipinski definition) is 1. The average molecular weight is 283 g/mol. The number of hydrogen-bond acceptors (Lipinski definition) is 4. The van der Waals surface area contributed by atoms with Crippen LogP contribution in [0.5, 0.6) is 0 Å². The Hall–Kier alpha value is -1.07. The normalized spacial score (nSPS) is 30.5. The molecule has 1 aliphatic heterocycles. The Bertz CT molecular complexity index is 544. The molecule has 0 aromatic carbocycles. The molecule has 2 heterocycles. The lowest BCUT2D eigenvalue weighted by molar-refractivity contribution is 0.271. The Morgan fingerprint density at radius 2 is 2.11 bits per heavy atom. The van der Waals surface area contributed by atoms with E-state index in [-0.39, 0.29) is 10.6 Å². The van der Waals surface area contributed by atoms with Gasteiger partial charge in [-0.15, -0.1) is 0 Å². The molecule has 1 aromatic rings. The summed E-state index contributed by atoms with van der Waals surface area (Å²) in [6.07, 6.45) is 5.06. The summed E-state index contributed by atoms with van der Waals surface area (Å²) in [4.78, 5) is 14.0. The molecule has 2 fully saturated rings. The highest BCUT2D eigenvalue weighted by molar-refractivity contribution is 6.33. The van der Waals surface area contributed by atoms with Crippen LogP contribution in [0.1, 0.15) is 19.3 Å². The molecule has 1 unspecified atom stereocenters. The molecule has 5 nitrogen and oxygen atoms in total. The van der Waals surface area contributed by atoms with Gasteiger partial charge in [-0.3, -0.25) is 4.79 Å². The van der Waals surface area contributed by atoms with Gasteiger partial charge in [0.05, 0.1) is 11.9 Å². The molecule has 0 spiro atoms. The van der Waals surface area contributed by atoms with E-state index in [0.29, 0.717) is 17.9 Å². The standard InChI is InChI=1S/C13H19ClN4O/c1-17-13(19)12(14)11(5-16-17)18-6-8-2-3-10(15)4-9(8)7-18/h5,8-10H,2-4,6-7,15H2,1H3/t8-,9+,10?/m1/s1. The Kier molecular flexibility index (Phi) is 3.27. The van der Waals surface area contributed by atoms with Gasteiger partial charge in [0.25, 0.3) is 5.56 Å². The van der Waals surface area contributed by atoms with E-state index in [0.717, 1.165) is 31.6 Å². The van der Waals surface area contributed by atoms with Crippen molar-refractivity contribution in [3.63, 3.8) is 0 Å². The van der Waals surface area contributed by atoms with Crippen LogP contribution in [-0.2, 0) is 7.05 Å². The van der Waals surface area contributed by atoms with Crippen molar-refractivity contribution in [1.82, 2.24) is 9.78 Å². The molecule has 1 aromatic heterocycles. The van der Waals surface area contributed by atoms with Gasteiger partial charge in [0.15, 0.2) is 0 Å². The molecular formula is C13H19ClN4O. The quantitative estimate of drug-likeness (QED) is 0.835. The van der Waals surface area contributed by atoms with Crippen LogP contribution in [0.4, 0.5) is 5.69 Å². The topological polar surface area (TPSA) is 64.2 Å². The van der Waals surface area contributed by atoms with E-state index in [9.17, 15) is 4.79 Å². The van der Waals surface area contributed by atoms with Crippen LogP contribution in [0.25, 0.3) is 0 Å². The second-order valence-electron chi connectivity index (χ2n) is 5.77. The zero-order valence-corrected chi connectivity index (χ0v) is 11.8. The summed E-state index contributed by atoms with van der Waals surface area (Å²) in [6, 6.07) is 0.332. The van der Waals surface area contributed by atoms with Crippen molar-refractivity contribution < 1.29 is 0 Å². The van der Waals surface area contributed by atoms with Crippen molar-refractivity contribution in [2.24, 2.45) is 24.6 Å². The number of aromatic nitrogens is 2. The van der Waals surface area contributed by atoms with Gasteiger partial charge >= 0.3 is 0 Å². The highest BCUT2D eigenvalue weighted by atomic mass is 35.5. The number of fused-ring (bicyclic) bond motifs is 1. The molecule has 1 saturated heterocycles. The Labute approximate surface area is 117 Å². The van der Waals surface area contributed by atoms with Crippen molar-refractivity contribution in [3.05, 3.63) is 21.6 Å². The van der Waals surface area contributed by atoms with Crippen molar-refractivity contribution in [2.45, 2.75) is 25.3 Å². The fourth-order valence-corrected chi connectivity index (χ4v) is 3.68. The lowest BCUT2D eigenvalue weighted by Crippen LogP contribution is -2.32. The molecule has 19 heavy (non-hydrogen) atoms. The van der Waals surface area contributed by atoms with Gasteiger partial charge in [-0.05, 0) is 31.1 Å². The molecule has 1 saturated carbocycles. The lowest BCUT2D eigenvalue weighted by Gasteiger charge is -2.27. The van der Waals surface area contributed by atoms with E-state index >= 15 is 0 Å². The molecule has 3 atom stereocenters. The van der Waals surface area contributed by atoms with Crippen LogP contribution in [0, 0.1) is 11.8 Å². The fraction of sp³-hybridized carbons (Fsp3) is 0.692. The third-order valence-electron chi connectivity index (χ3n) is 4.49. The van der Waals surface area contributed by atoms with Crippen molar-refractivity contribution in [1.29, 1.82) is 0 Å². The number of rotatable bonds is 1. The third kappa shape index (κ3) is 2.25. The average Bonchev–Trinajstić information content (AvgIpc) is 2.78. The molecule has 2 aliphatic rings. The van der Waals surface area contributed by atoms with Crippen LogP contribution < -0.4 is 16.2 Å². The number of anilines is 1. The zero-order valence-electron chi connectivity index (χ0n) is 11.1. The van der Waals surface area contributed by atoms with Gasteiger partial charge < -0.3 is 10.6 Å². The van der Waals surface area contributed by atoms with Crippen LogP contribution in [0.15, 0.2) is 11.0 Å². The molecule has 0 bridgehead atoms. The molecule has 3 rings (SSSR count). The minimum Gasteiger partial charge on any atom is -0.368 e. The Morgan fingerprint density at radius 3 is 2.89 bits per heavy atom. The summed E-state index contributed by atoms with van der Waals surface area (Å²) < 4.78 is 1.27. The molecule has 0 radical (unpaired) electrons. The van der Waals surface area contributed by atoms with E-state index in [1.165, 1.54) is 11.1 Å². The molecule has 6 heteroatoms. The number of halogens is 1. The summed E-state index contributed by atoms with van der Waals surface area (Å²) in [5.41, 5.74) is 6.58.